The van der Waals surface area contributed by atoms with Crippen LogP contribution in [0.15, 0.2) is 188 Å². The number of ether oxygens (including phenoxy) is 4. The Balaban J connectivity index is 1.24. The van der Waals surface area contributed by atoms with Gasteiger partial charge in [0, 0.05) is 6.20 Å². The Labute approximate surface area is 339 Å². The van der Waals surface area contributed by atoms with Crippen LogP contribution in [0.5, 0.6) is 11.5 Å². The largest absolute Gasteiger partial charge is 0.482 e. The van der Waals surface area contributed by atoms with Gasteiger partial charge in [-0.15, -0.1) is 0 Å². The van der Waals surface area contributed by atoms with E-state index in [1.165, 1.54) is 0 Å². The summed E-state index contributed by atoms with van der Waals surface area (Å²) in [6.45, 7) is 1.45. The van der Waals surface area contributed by atoms with Gasteiger partial charge in [0.15, 0.2) is 5.44 Å². The maximum absolute atomic E-state index is 15.3. The fourth-order valence-corrected chi connectivity index (χ4v) is 8.46. The molecule has 0 spiro atoms. The number of para-hydroxylation sites is 2. The number of rotatable bonds is 18. The quantitative estimate of drug-likeness (QED) is 0.0794. The van der Waals surface area contributed by atoms with E-state index < -0.39 is 31.9 Å². The Morgan fingerprint density at radius 1 is 0.483 bits per heavy atom. The lowest BCUT2D eigenvalue weighted by molar-refractivity contribution is -0.188. The lowest BCUT2D eigenvalue weighted by atomic mass is 9.95. The molecule has 0 radical (unpaired) electrons. The molecule has 1 aliphatic rings. The standard InChI is InChI=1S/C48H45N2O7P/c51-58(56-41-27-15-5-16-28-41,57-42-29-17-6-18-30-42)44-31-50-43(36-52-32-37-19-7-1-8-20-37)45(53-33-38-21-9-2-10-22-38)46(54-34-39-23-11-3-12-24-39)47(48(50)49-44)55-35-40-25-13-4-14-26-40/h1-31,43,45-47H,32-36H2/t43-,45-,46+,47-/m1/s1. The highest BCUT2D eigenvalue weighted by Gasteiger charge is 2.49. The molecule has 0 fully saturated rings. The predicted molar refractivity (Wildman–Crippen MR) is 223 cm³/mol. The summed E-state index contributed by atoms with van der Waals surface area (Å²) in [5.41, 5.74) is 4.12. The van der Waals surface area contributed by atoms with Crippen LogP contribution in [-0.4, -0.2) is 28.4 Å². The lowest BCUT2D eigenvalue weighted by Gasteiger charge is -2.42. The topological polar surface area (TPSA) is 90.3 Å². The van der Waals surface area contributed by atoms with Crippen molar-refractivity contribution in [1.82, 2.24) is 9.55 Å². The first kappa shape index (κ1) is 39.0. The normalized spacial score (nSPS) is 17.7. The van der Waals surface area contributed by atoms with Gasteiger partial charge in [-0.1, -0.05) is 158 Å². The number of fused-ring (bicyclic) bond motifs is 1. The van der Waals surface area contributed by atoms with E-state index in [9.17, 15) is 0 Å². The summed E-state index contributed by atoms with van der Waals surface area (Å²) in [4.78, 5) is 5.12. The summed E-state index contributed by atoms with van der Waals surface area (Å²) in [6.07, 6.45) is -0.320. The molecule has 1 aliphatic heterocycles. The first-order valence-corrected chi connectivity index (χ1v) is 20.9. The fraction of sp³-hybridized carbons (Fsp3) is 0.188. The molecule has 294 valence electrons. The Hall–Kier alpha value is -5.80. The second-order valence-corrected chi connectivity index (χ2v) is 15.8. The van der Waals surface area contributed by atoms with Crippen LogP contribution in [0.2, 0.25) is 0 Å². The Bertz CT molecular complexity index is 2290. The highest BCUT2D eigenvalue weighted by atomic mass is 31.2. The molecule has 0 saturated carbocycles. The minimum Gasteiger partial charge on any atom is -0.412 e. The highest BCUT2D eigenvalue weighted by Crippen LogP contribution is 2.49. The maximum Gasteiger partial charge on any atom is 0.482 e. The van der Waals surface area contributed by atoms with Crippen molar-refractivity contribution in [3.05, 3.63) is 216 Å². The van der Waals surface area contributed by atoms with Crippen LogP contribution in [0.25, 0.3) is 0 Å². The first-order valence-electron chi connectivity index (χ1n) is 19.4. The molecule has 58 heavy (non-hydrogen) atoms. The van der Waals surface area contributed by atoms with E-state index >= 15 is 4.57 Å². The number of hydrogen-bond donors (Lipinski definition) is 0. The fourth-order valence-electron chi connectivity index (χ4n) is 6.95. The molecule has 0 bridgehead atoms. The van der Waals surface area contributed by atoms with Crippen molar-refractivity contribution < 1.29 is 32.6 Å². The van der Waals surface area contributed by atoms with Crippen molar-refractivity contribution in [1.29, 1.82) is 0 Å². The van der Waals surface area contributed by atoms with E-state index in [4.69, 9.17) is 33.0 Å². The van der Waals surface area contributed by atoms with Crippen molar-refractivity contribution in [2.75, 3.05) is 6.61 Å². The van der Waals surface area contributed by atoms with Crippen molar-refractivity contribution in [2.45, 2.75) is 50.8 Å². The SMILES string of the molecule is O=P(Oc1ccccc1)(Oc1ccccc1)c1cn2c(n1)[C@H](OCc1ccccc1)[C@@H](OCc1ccccc1)[C@H](OCc1ccccc1)[C@H]2COCc1ccccc1. The predicted octanol–water partition coefficient (Wildman–Crippen LogP) is 10.1. The molecule has 1 aromatic heterocycles. The number of hydrogen-bond acceptors (Lipinski definition) is 8. The minimum absolute atomic E-state index is 0.113. The molecular formula is C48H45N2O7P. The molecule has 2 heterocycles. The number of benzene rings is 6. The van der Waals surface area contributed by atoms with Crippen LogP contribution in [0.1, 0.15) is 40.2 Å². The van der Waals surface area contributed by atoms with Gasteiger partial charge in [-0.2, -0.15) is 0 Å². The van der Waals surface area contributed by atoms with E-state index in [0.717, 1.165) is 22.3 Å². The summed E-state index contributed by atoms with van der Waals surface area (Å²) in [7, 11) is -4.20. The van der Waals surface area contributed by atoms with Crippen LogP contribution in [0, 0.1) is 0 Å². The van der Waals surface area contributed by atoms with Crippen molar-refractivity contribution in [3.8, 4) is 11.5 Å². The van der Waals surface area contributed by atoms with Gasteiger partial charge in [0.1, 0.15) is 35.6 Å². The second kappa shape index (κ2) is 19.1. The molecule has 0 saturated heterocycles. The van der Waals surface area contributed by atoms with Crippen LogP contribution in [0.3, 0.4) is 0 Å². The number of imidazole rings is 1. The van der Waals surface area contributed by atoms with Crippen LogP contribution < -0.4 is 14.5 Å². The molecule has 10 heteroatoms. The van der Waals surface area contributed by atoms with Gasteiger partial charge < -0.3 is 32.6 Å². The van der Waals surface area contributed by atoms with E-state index in [2.05, 4.69) is 0 Å². The molecule has 9 nitrogen and oxygen atoms in total. The van der Waals surface area contributed by atoms with Gasteiger partial charge in [-0.25, -0.2) is 9.55 Å². The monoisotopic (exact) mass is 792 g/mol. The molecule has 4 atom stereocenters. The zero-order valence-corrected chi connectivity index (χ0v) is 32.8. The summed E-state index contributed by atoms with van der Waals surface area (Å²) in [6, 6.07) is 57.5. The number of nitrogens with zero attached hydrogens (tertiary/aromatic N) is 2. The van der Waals surface area contributed by atoms with Crippen LogP contribution in [0.4, 0.5) is 0 Å². The molecule has 0 unspecified atom stereocenters. The third kappa shape index (κ3) is 9.83. The molecule has 6 aromatic carbocycles. The van der Waals surface area contributed by atoms with Crippen LogP contribution in [-0.2, 0) is 49.9 Å². The van der Waals surface area contributed by atoms with Crippen molar-refractivity contribution in [2.24, 2.45) is 0 Å². The summed E-state index contributed by atoms with van der Waals surface area (Å²) in [5, 5.41) is 0. The summed E-state index contributed by atoms with van der Waals surface area (Å²) in [5.74, 6) is 1.24. The Kier molecular flexibility index (Phi) is 12.9. The zero-order chi connectivity index (χ0) is 39.4. The zero-order valence-electron chi connectivity index (χ0n) is 31.9. The summed E-state index contributed by atoms with van der Waals surface area (Å²) >= 11 is 0. The van der Waals surface area contributed by atoms with Crippen molar-refractivity contribution in [3.63, 3.8) is 0 Å². The molecule has 8 rings (SSSR count). The average Bonchev–Trinajstić information content (AvgIpc) is 3.73. The van der Waals surface area contributed by atoms with Crippen LogP contribution >= 0.6 is 7.60 Å². The smallest absolute Gasteiger partial charge is 0.412 e. The highest BCUT2D eigenvalue weighted by molar-refractivity contribution is 7.62. The Morgan fingerprint density at radius 2 is 0.879 bits per heavy atom. The maximum atomic E-state index is 15.3. The molecule has 0 aliphatic carbocycles. The first-order chi connectivity index (χ1) is 28.6. The molecule has 0 N–H and O–H groups in total. The second-order valence-electron chi connectivity index (χ2n) is 14.0. The molecule has 7 aromatic rings. The van der Waals surface area contributed by atoms with Gasteiger partial charge >= 0.3 is 7.60 Å². The third-order valence-electron chi connectivity index (χ3n) is 9.82. The molecule has 0 amide bonds. The average molecular weight is 793 g/mol. The van der Waals surface area contributed by atoms with Gasteiger partial charge in [0.25, 0.3) is 0 Å². The van der Waals surface area contributed by atoms with Gasteiger partial charge in [-0.05, 0) is 46.5 Å². The minimum atomic E-state index is -4.20. The molecular weight excluding hydrogens is 748 g/mol. The number of aromatic nitrogens is 2. The van der Waals surface area contributed by atoms with E-state index in [1.807, 2.05) is 162 Å². The summed E-state index contributed by atoms with van der Waals surface area (Å²) < 4.78 is 57.1. The third-order valence-corrected chi connectivity index (χ3v) is 11.5. The van der Waals surface area contributed by atoms with Gasteiger partial charge in [-0.3, -0.25) is 0 Å². The van der Waals surface area contributed by atoms with Crippen molar-refractivity contribution >= 4 is 13.0 Å². The van der Waals surface area contributed by atoms with E-state index in [1.54, 1.807) is 30.5 Å². The lowest BCUT2D eigenvalue weighted by Crippen LogP contribution is -2.50. The van der Waals surface area contributed by atoms with Gasteiger partial charge in [0.05, 0.1) is 39.1 Å². The van der Waals surface area contributed by atoms with E-state index in [-0.39, 0.29) is 18.6 Å². The Morgan fingerprint density at radius 3 is 1.34 bits per heavy atom. The van der Waals surface area contributed by atoms with Gasteiger partial charge in [0.2, 0.25) is 0 Å². The van der Waals surface area contributed by atoms with E-state index in [0.29, 0.717) is 37.1 Å².